The SMILES string of the molecule is COC(=O)C1CCC(Oc2cc(-c3ccc4nc5n(c4n3)[C@@H](c3ccccc3)CC5)ccn2)C1. The van der Waals surface area contributed by atoms with Crippen molar-refractivity contribution in [3.63, 3.8) is 0 Å². The lowest BCUT2D eigenvalue weighted by atomic mass is 10.0. The standard InChI is InChI=1S/C27H26N4O3/c1-33-27(32)19-7-8-20(15-19)34-25-16-18(13-14-28-25)21-9-10-22-26(30-21)31-23(11-12-24(31)29-22)17-5-3-2-4-6-17/h2-6,9-10,13-14,16,19-20,23H,7-8,11-12,15H2,1H3/t19?,20?,23-/m1/s1. The van der Waals surface area contributed by atoms with Crippen LogP contribution < -0.4 is 4.74 Å². The normalized spacial score (nSPS) is 21.5. The van der Waals surface area contributed by atoms with Gasteiger partial charge in [-0.25, -0.2) is 15.0 Å². The van der Waals surface area contributed by atoms with E-state index < -0.39 is 0 Å². The molecule has 1 fully saturated rings. The molecule has 7 nitrogen and oxygen atoms in total. The summed E-state index contributed by atoms with van der Waals surface area (Å²) >= 11 is 0. The smallest absolute Gasteiger partial charge is 0.308 e. The van der Waals surface area contributed by atoms with Crippen LogP contribution in [0, 0.1) is 5.92 Å². The second kappa shape index (κ2) is 8.56. The zero-order valence-corrected chi connectivity index (χ0v) is 19.1. The number of rotatable bonds is 5. The minimum Gasteiger partial charge on any atom is -0.474 e. The molecule has 6 rings (SSSR count). The molecule has 0 amide bonds. The summed E-state index contributed by atoms with van der Waals surface area (Å²) in [6.45, 7) is 0. The molecule has 172 valence electrons. The number of methoxy groups -OCH3 is 1. The van der Waals surface area contributed by atoms with Crippen LogP contribution in [0.15, 0.2) is 60.8 Å². The average Bonchev–Trinajstić information content (AvgIpc) is 3.59. The summed E-state index contributed by atoms with van der Waals surface area (Å²) in [6.07, 6.45) is 5.96. The summed E-state index contributed by atoms with van der Waals surface area (Å²) in [7, 11) is 1.43. The average molecular weight is 455 g/mol. The summed E-state index contributed by atoms with van der Waals surface area (Å²) in [5, 5.41) is 0. The third kappa shape index (κ3) is 3.71. The monoisotopic (exact) mass is 454 g/mol. The first-order valence-electron chi connectivity index (χ1n) is 11.8. The first-order valence-corrected chi connectivity index (χ1v) is 11.8. The Morgan fingerprint density at radius 3 is 2.76 bits per heavy atom. The van der Waals surface area contributed by atoms with Crippen molar-refractivity contribution >= 4 is 17.1 Å². The van der Waals surface area contributed by atoms with Crippen molar-refractivity contribution in [2.45, 2.75) is 44.2 Å². The van der Waals surface area contributed by atoms with Gasteiger partial charge in [-0.2, -0.15) is 0 Å². The molecular formula is C27H26N4O3. The van der Waals surface area contributed by atoms with Gasteiger partial charge < -0.3 is 14.0 Å². The Bertz CT molecular complexity index is 1350. The number of nitrogens with zero attached hydrogens (tertiary/aromatic N) is 4. The number of benzene rings is 1. The maximum atomic E-state index is 11.8. The Kier molecular flexibility index (Phi) is 5.24. The van der Waals surface area contributed by atoms with Crippen LogP contribution in [0.25, 0.3) is 22.4 Å². The van der Waals surface area contributed by atoms with E-state index in [0.717, 1.165) is 53.9 Å². The molecule has 2 aliphatic rings. The summed E-state index contributed by atoms with van der Waals surface area (Å²) < 4.78 is 13.3. The Balaban J connectivity index is 1.28. The topological polar surface area (TPSA) is 79.1 Å². The number of aromatic nitrogens is 4. The number of pyridine rings is 2. The van der Waals surface area contributed by atoms with E-state index in [1.807, 2.05) is 30.3 Å². The van der Waals surface area contributed by atoms with Crippen LogP contribution in [0.1, 0.15) is 43.1 Å². The van der Waals surface area contributed by atoms with Crippen molar-refractivity contribution in [1.82, 2.24) is 19.5 Å². The van der Waals surface area contributed by atoms with Crippen molar-refractivity contribution in [1.29, 1.82) is 0 Å². The Labute approximate surface area is 197 Å². The summed E-state index contributed by atoms with van der Waals surface area (Å²) in [5.74, 6) is 1.39. The molecule has 3 aromatic heterocycles. The summed E-state index contributed by atoms with van der Waals surface area (Å²) in [4.78, 5) is 26.1. The van der Waals surface area contributed by atoms with Gasteiger partial charge in [0, 0.05) is 24.2 Å². The molecule has 4 heterocycles. The highest BCUT2D eigenvalue weighted by molar-refractivity contribution is 5.77. The van der Waals surface area contributed by atoms with E-state index in [4.69, 9.17) is 19.4 Å². The van der Waals surface area contributed by atoms with E-state index in [1.54, 1.807) is 6.20 Å². The molecule has 1 aliphatic heterocycles. The second-order valence-electron chi connectivity index (χ2n) is 9.06. The largest absolute Gasteiger partial charge is 0.474 e. The van der Waals surface area contributed by atoms with Gasteiger partial charge in [0.1, 0.15) is 17.4 Å². The number of ether oxygens (including phenoxy) is 2. The van der Waals surface area contributed by atoms with E-state index in [0.29, 0.717) is 12.3 Å². The second-order valence-corrected chi connectivity index (χ2v) is 9.06. The predicted octanol–water partition coefficient (Wildman–Crippen LogP) is 4.75. The van der Waals surface area contributed by atoms with Crippen LogP contribution >= 0.6 is 0 Å². The molecule has 1 aromatic carbocycles. The number of carbonyl (C=O) groups excluding carboxylic acids is 1. The molecule has 34 heavy (non-hydrogen) atoms. The van der Waals surface area contributed by atoms with Crippen molar-refractivity contribution in [3.8, 4) is 17.1 Å². The number of carbonyl (C=O) groups is 1. The van der Waals surface area contributed by atoms with Crippen molar-refractivity contribution in [2.24, 2.45) is 5.92 Å². The van der Waals surface area contributed by atoms with Gasteiger partial charge in [-0.3, -0.25) is 4.79 Å². The predicted molar refractivity (Wildman–Crippen MR) is 127 cm³/mol. The first kappa shape index (κ1) is 20.8. The molecule has 7 heteroatoms. The van der Waals surface area contributed by atoms with Gasteiger partial charge in [0.05, 0.1) is 24.8 Å². The molecule has 2 unspecified atom stereocenters. The van der Waals surface area contributed by atoms with Crippen LogP contribution in [0.3, 0.4) is 0 Å². The van der Waals surface area contributed by atoms with Gasteiger partial charge in [-0.15, -0.1) is 0 Å². The van der Waals surface area contributed by atoms with Crippen LogP contribution in [-0.2, 0) is 16.0 Å². The zero-order valence-electron chi connectivity index (χ0n) is 19.1. The molecular weight excluding hydrogens is 428 g/mol. The van der Waals surface area contributed by atoms with Gasteiger partial charge in [0.2, 0.25) is 5.88 Å². The highest BCUT2D eigenvalue weighted by Gasteiger charge is 2.32. The van der Waals surface area contributed by atoms with Crippen LogP contribution in [0.2, 0.25) is 0 Å². The lowest BCUT2D eigenvalue weighted by Crippen LogP contribution is -2.17. The molecule has 4 aromatic rings. The lowest BCUT2D eigenvalue weighted by molar-refractivity contribution is -0.145. The minimum absolute atomic E-state index is 0.0352. The van der Waals surface area contributed by atoms with E-state index in [1.165, 1.54) is 12.7 Å². The van der Waals surface area contributed by atoms with Crippen molar-refractivity contribution in [3.05, 3.63) is 72.2 Å². The highest BCUT2D eigenvalue weighted by atomic mass is 16.5. The highest BCUT2D eigenvalue weighted by Crippen LogP contribution is 2.36. The van der Waals surface area contributed by atoms with E-state index in [2.05, 4.69) is 33.8 Å². The Morgan fingerprint density at radius 1 is 1.03 bits per heavy atom. The van der Waals surface area contributed by atoms with Crippen LogP contribution in [-0.4, -0.2) is 38.7 Å². The maximum absolute atomic E-state index is 11.8. The fourth-order valence-corrected chi connectivity index (χ4v) is 5.30. The van der Waals surface area contributed by atoms with E-state index >= 15 is 0 Å². The molecule has 3 atom stereocenters. The van der Waals surface area contributed by atoms with E-state index in [-0.39, 0.29) is 24.0 Å². The quantitative estimate of drug-likeness (QED) is 0.405. The first-order chi connectivity index (χ1) is 16.7. The molecule has 0 N–H and O–H groups in total. The summed E-state index contributed by atoms with van der Waals surface area (Å²) in [5.41, 5.74) is 4.92. The fourth-order valence-electron chi connectivity index (χ4n) is 5.30. The van der Waals surface area contributed by atoms with Crippen LogP contribution in [0.4, 0.5) is 0 Å². The zero-order chi connectivity index (χ0) is 23.1. The molecule has 0 radical (unpaired) electrons. The number of aryl methyl sites for hydroxylation is 1. The van der Waals surface area contributed by atoms with Crippen LogP contribution in [0.5, 0.6) is 5.88 Å². The number of hydrogen-bond acceptors (Lipinski definition) is 6. The number of fused-ring (bicyclic) bond motifs is 3. The molecule has 1 saturated carbocycles. The van der Waals surface area contributed by atoms with Gasteiger partial charge >= 0.3 is 5.97 Å². The Hall–Kier alpha value is -3.74. The lowest BCUT2D eigenvalue weighted by Gasteiger charge is -2.15. The van der Waals surface area contributed by atoms with Crippen molar-refractivity contribution in [2.75, 3.05) is 7.11 Å². The molecule has 0 bridgehead atoms. The van der Waals surface area contributed by atoms with Gasteiger partial charge in [-0.05, 0) is 49.4 Å². The number of imidazole rings is 1. The Morgan fingerprint density at radius 2 is 1.91 bits per heavy atom. The van der Waals surface area contributed by atoms with Gasteiger partial charge in [0.15, 0.2) is 5.65 Å². The third-order valence-corrected chi connectivity index (χ3v) is 6.98. The minimum atomic E-state index is -0.160. The molecule has 0 spiro atoms. The third-order valence-electron chi connectivity index (χ3n) is 6.98. The molecule has 0 saturated heterocycles. The maximum Gasteiger partial charge on any atom is 0.308 e. The van der Waals surface area contributed by atoms with Crippen molar-refractivity contribution < 1.29 is 14.3 Å². The van der Waals surface area contributed by atoms with Gasteiger partial charge in [0.25, 0.3) is 0 Å². The number of esters is 1. The van der Waals surface area contributed by atoms with Gasteiger partial charge in [-0.1, -0.05) is 30.3 Å². The molecule has 1 aliphatic carbocycles. The fraction of sp³-hybridized carbons (Fsp3) is 0.333. The number of hydrogen-bond donors (Lipinski definition) is 0. The summed E-state index contributed by atoms with van der Waals surface area (Å²) in [6, 6.07) is 18.7. The van der Waals surface area contributed by atoms with E-state index in [9.17, 15) is 4.79 Å².